The number of aromatic nitrogens is 3. The van der Waals surface area contributed by atoms with E-state index in [0.29, 0.717) is 33.1 Å². The molecule has 0 saturated carbocycles. The molecule has 0 aliphatic rings. The van der Waals surface area contributed by atoms with E-state index in [-0.39, 0.29) is 5.78 Å². The molecule has 4 nitrogen and oxygen atoms in total. The Kier molecular flexibility index (Phi) is 5.92. The van der Waals surface area contributed by atoms with Crippen molar-refractivity contribution in [1.82, 2.24) is 14.8 Å². The molecule has 0 spiro atoms. The lowest BCUT2D eigenvalue weighted by molar-refractivity contribution is -0.137. The fourth-order valence-corrected chi connectivity index (χ4v) is 3.17. The average Bonchev–Trinajstić information content (AvgIpc) is 3.24. The fourth-order valence-electron chi connectivity index (χ4n) is 3.04. The Morgan fingerprint density at radius 2 is 1.72 bits per heavy atom. The fraction of sp³-hybridized carbons (Fsp3) is 0.0417. The van der Waals surface area contributed by atoms with Gasteiger partial charge in [0, 0.05) is 29.2 Å². The van der Waals surface area contributed by atoms with Gasteiger partial charge in [0.15, 0.2) is 5.78 Å². The zero-order valence-electron chi connectivity index (χ0n) is 16.4. The van der Waals surface area contributed by atoms with Gasteiger partial charge < -0.3 is 0 Å². The van der Waals surface area contributed by atoms with Crippen LogP contribution < -0.4 is 0 Å². The molecule has 0 saturated heterocycles. The third-order valence-electron chi connectivity index (χ3n) is 4.67. The first-order valence-electron chi connectivity index (χ1n) is 9.47. The number of alkyl halides is 3. The molecule has 0 radical (unpaired) electrons. The Morgan fingerprint density at radius 3 is 2.34 bits per heavy atom. The highest BCUT2D eigenvalue weighted by Gasteiger charge is 2.29. The maximum Gasteiger partial charge on any atom is 0.416 e. The van der Waals surface area contributed by atoms with Crippen LogP contribution in [0.25, 0.3) is 23.0 Å². The van der Waals surface area contributed by atoms with E-state index >= 15 is 0 Å². The lowest BCUT2D eigenvalue weighted by atomic mass is 10.1. The Balaban J connectivity index is 1.67. The monoisotopic (exact) mass is 453 g/mol. The van der Waals surface area contributed by atoms with Crippen LogP contribution in [-0.2, 0) is 6.18 Å². The molecule has 4 aromatic rings. The number of benzene rings is 2. The quantitative estimate of drug-likeness (QED) is 0.256. The lowest BCUT2D eigenvalue weighted by Gasteiger charge is -2.05. The molecular weight excluding hydrogens is 439 g/mol. The standard InChI is InChI=1S/C24H15ClF3N3O/c25-19-8-10-20(11-9-19)31-15-21(23(30-31)17-2-1-13-29-14-17)22(32)12-5-16-3-6-18(7-4-16)24(26,27)28/h1-15H. The maximum atomic E-state index is 13.0. The maximum absolute atomic E-state index is 13.0. The molecule has 2 aromatic heterocycles. The number of allylic oxidation sites excluding steroid dienone is 1. The van der Waals surface area contributed by atoms with Gasteiger partial charge in [-0.25, -0.2) is 4.68 Å². The number of hydrogen-bond acceptors (Lipinski definition) is 3. The number of halogens is 4. The topological polar surface area (TPSA) is 47.8 Å². The first kappa shape index (κ1) is 21.5. The van der Waals surface area contributed by atoms with Crippen LogP contribution in [0.3, 0.4) is 0 Å². The van der Waals surface area contributed by atoms with Gasteiger partial charge >= 0.3 is 6.18 Å². The number of pyridine rings is 1. The summed E-state index contributed by atoms with van der Waals surface area (Å²) in [4.78, 5) is 17.1. The largest absolute Gasteiger partial charge is 0.416 e. The normalized spacial score (nSPS) is 11.8. The molecule has 0 N–H and O–H groups in total. The predicted molar refractivity (Wildman–Crippen MR) is 117 cm³/mol. The van der Waals surface area contributed by atoms with Crippen molar-refractivity contribution >= 4 is 23.5 Å². The number of ketones is 1. The summed E-state index contributed by atoms with van der Waals surface area (Å²) in [6, 6.07) is 15.1. The van der Waals surface area contributed by atoms with Crippen LogP contribution in [-0.4, -0.2) is 20.5 Å². The van der Waals surface area contributed by atoms with E-state index < -0.39 is 11.7 Å². The molecule has 0 fully saturated rings. The zero-order chi connectivity index (χ0) is 22.7. The van der Waals surface area contributed by atoms with E-state index in [1.807, 2.05) is 0 Å². The summed E-state index contributed by atoms with van der Waals surface area (Å²) < 4.78 is 39.8. The summed E-state index contributed by atoms with van der Waals surface area (Å²) >= 11 is 5.95. The van der Waals surface area contributed by atoms with Gasteiger partial charge in [0.05, 0.1) is 16.8 Å². The number of nitrogens with zero attached hydrogens (tertiary/aromatic N) is 3. The lowest BCUT2D eigenvalue weighted by Crippen LogP contribution is -2.04. The Labute approximate surface area is 186 Å². The summed E-state index contributed by atoms with van der Waals surface area (Å²) in [6.07, 6.45) is 3.19. The van der Waals surface area contributed by atoms with Crippen LogP contribution in [0.1, 0.15) is 21.5 Å². The van der Waals surface area contributed by atoms with Gasteiger partial charge in [-0.05, 0) is 60.2 Å². The van der Waals surface area contributed by atoms with E-state index in [1.54, 1.807) is 59.7 Å². The Morgan fingerprint density at radius 1 is 1.00 bits per heavy atom. The summed E-state index contributed by atoms with van der Waals surface area (Å²) in [5, 5.41) is 5.12. The van der Waals surface area contributed by atoms with E-state index in [0.717, 1.165) is 12.1 Å². The molecule has 4 rings (SSSR count). The second-order valence-corrected chi connectivity index (χ2v) is 7.31. The second kappa shape index (κ2) is 8.80. The minimum atomic E-state index is -4.41. The van der Waals surface area contributed by atoms with Gasteiger partial charge in [0.2, 0.25) is 0 Å². The van der Waals surface area contributed by atoms with Gasteiger partial charge in [-0.1, -0.05) is 29.8 Å². The molecule has 8 heteroatoms. The molecule has 0 aliphatic heterocycles. The van der Waals surface area contributed by atoms with Crippen LogP contribution in [0.15, 0.2) is 85.3 Å². The predicted octanol–water partition coefficient (Wildman–Crippen LogP) is 6.50. The Bertz CT molecular complexity index is 1260. The SMILES string of the molecule is O=C(C=Cc1ccc(C(F)(F)F)cc1)c1cn(-c2ccc(Cl)cc2)nc1-c1cccnc1. The highest BCUT2D eigenvalue weighted by Crippen LogP contribution is 2.29. The van der Waals surface area contributed by atoms with Gasteiger partial charge in [-0.3, -0.25) is 9.78 Å². The van der Waals surface area contributed by atoms with E-state index in [9.17, 15) is 18.0 Å². The number of carbonyl (C=O) groups excluding carboxylic acids is 1. The highest BCUT2D eigenvalue weighted by atomic mass is 35.5. The molecule has 0 unspecified atom stereocenters. The van der Waals surface area contributed by atoms with Crippen molar-refractivity contribution in [3.05, 3.63) is 107 Å². The van der Waals surface area contributed by atoms with Crippen molar-refractivity contribution in [2.24, 2.45) is 0 Å². The summed E-state index contributed by atoms with van der Waals surface area (Å²) in [5.74, 6) is -0.344. The molecule has 0 atom stereocenters. The van der Waals surface area contributed by atoms with Crippen LogP contribution in [0, 0.1) is 0 Å². The molecular formula is C24H15ClF3N3O. The van der Waals surface area contributed by atoms with Gasteiger partial charge in [-0.15, -0.1) is 0 Å². The van der Waals surface area contributed by atoms with Crippen molar-refractivity contribution in [2.45, 2.75) is 6.18 Å². The van der Waals surface area contributed by atoms with Gasteiger partial charge in [-0.2, -0.15) is 18.3 Å². The van der Waals surface area contributed by atoms with E-state index in [2.05, 4.69) is 10.1 Å². The van der Waals surface area contributed by atoms with Crippen LogP contribution in [0.5, 0.6) is 0 Å². The van der Waals surface area contributed by atoms with Crippen LogP contribution in [0.2, 0.25) is 5.02 Å². The van der Waals surface area contributed by atoms with Crippen molar-refractivity contribution in [3.63, 3.8) is 0 Å². The van der Waals surface area contributed by atoms with Gasteiger partial charge in [0.1, 0.15) is 5.69 Å². The molecule has 160 valence electrons. The summed E-state index contributed by atoms with van der Waals surface area (Å²) in [6.45, 7) is 0. The molecule has 2 heterocycles. The van der Waals surface area contributed by atoms with Gasteiger partial charge in [0.25, 0.3) is 0 Å². The van der Waals surface area contributed by atoms with E-state index in [4.69, 9.17) is 11.6 Å². The van der Waals surface area contributed by atoms with Crippen molar-refractivity contribution in [1.29, 1.82) is 0 Å². The van der Waals surface area contributed by atoms with Crippen LogP contribution >= 0.6 is 11.6 Å². The van der Waals surface area contributed by atoms with Crippen molar-refractivity contribution < 1.29 is 18.0 Å². The third-order valence-corrected chi connectivity index (χ3v) is 4.92. The number of hydrogen-bond donors (Lipinski definition) is 0. The highest BCUT2D eigenvalue weighted by molar-refractivity contribution is 6.30. The molecule has 32 heavy (non-hydrogen) atoms. The minimum Gasteiger partial charge on any atom is -0.289 e. The van der Waals surface area contributed by atoms with Crippen molar-refractivity contribution in [3.8, 4) is 16.9 Å². The third kappa shape index (κ3) is 4.78. The first-order valence-corrected chi connectivity index (χ1v) is 9.85. The molecule has 0 aliphatic carbocycles. The number of rotatable bonds is 5. The summed E-state index contributed by atoms with van der Waals surface area (Å²) in [7, 11) is 0. The first-order chi connectivity index (χ1) is 15.3. The second-order valence-electron chi connectivity index (χ2n) is 6.87. The summed E-state index contributed by atoms with van der Waals surface area (Å²) in [5.41, 5.74) is 1.87. The minimum absolute atomic E-state index is 0.330. The average molecular weight is 454 g/mol. The van der Waals surface area contributed by atoms with Crippen molar-refractivity contribution in [2.75, 3.05) is 0 Å². The van der Waals surface area contributed by atoms with E-state index in [1.165, 1.54) is 24.3 Å². The Hall–Kier alpha value is -3.71. The molecule has 2 aromatic carbocycles. The number of carbonyl (C=O) groups is 1. The molecule has 0 bridgehead atoms. The molecule has 0 amide bonds. The zero-order valence-corrected chi connectivity index (χ0v) is 17.2. The van der Waals surface area contributed by atoms with Crippen LogP contribution in [0.4, 0.5) is 13.2 Å². The smallest absolute Gasteiger partial charge is 0.289 e.